The van der Waals surface area contributed by atoms with Gasteiger partial charge in [-0.15, -0.1) is 0 Å². The molecule has 0 amide bonds. The Labute approximate surface area is 137 Å². The SMILES string of the molecule is CCCNC(Cc1ccc(F)cc1F)c1ccccc1I. The molecule has 1 nitrogen and oxygen atoms in total. The molecule has 2 aromatic carbocycles. The van der Waals surface area contributed by atoms with Crippen LogP contribution >= 0.6 is 22.6 Å². The van der Waals surface area contributed by atoms with E-state index in [9.17, 15) is 8.78 Å². The van der Waals surface area contributed by atoms with E-state index in [0.717, 1.165) is 28.2 Å². The first kappa shape index (κ1) is 16.4. The zero-order valence-corrected chi connectivity index (χ0v) is 14.0. The van der Waals surface area contributed by atoms with Crippen molar-refractivity contribution in [3.05, 3.63) is 68.8 Å². The predicted octanol–water partition coefficient (Wildman–Crippen LogP) is 4.85. The summed E-state index contributed by atoms with van der Waals surface area (Å²) in [5, 5.41) is 3.45. The smallest absolute Gasteiger partial charge is 0.129 e. The van der Waals surface area contributed by atoms with Crippen LogP contribution < -0.4 is 5.32 Å². The van der Waals surface area contributed by atoms with E-state index in [2.05, 4.69) is 40.9 Å². The molecule has 4 heteroatoms. The van der Waals surface area contributed by atoms with Crippen molar-refractivity contribution >= 4 is 22.6 Å². The van der Waals surface area contributed by atoms with Crippen LogP contribution in [0.2, 0.25) is 0 Å². The van der Waals surface area contributed by atoms with Gasteiger partial charge in [0, 0.05) is 15.7 Å². The van der Waals surface area contributed by atoms with Gasteiger partial charge in [-0.25, -0.2) is 8.78 Å². The number of hydrogen-bond donors (Lipinski definition) is 1. The first-order chi connectivity index (χ1) is 10.1. The molecule has 1 N–H and O–H groups in total. The molecule has 0 aliphatic heterocycles. The van der Waals surface area contributed by atoms with Crippen molar-refractivity contribution in [1.29, 1.82) is 0 Å². The fourth-order valence-electron chi connectivity index (χ4n) is 2.28. The highest BCUT2D eigenvalue weighted by molar-refractivity contribution is 14.1. The third-order valence-electron chi connectivity index (χ3n) is 3.36. The van der Waals surface area contributed by atoms with Crippen LogP contribution in [0.25, 0.3) is 0 Å². The van der Waals surface area contributed by atoms with Gasteiger partial charge in [-0.2, -0.15) is 0 Å². The van der Waals surface area contributed by atoms with Gasteiger partial charge in [0.25, 0.3) is 0 Å². The second-order valence-electron chi connectivity index (χ2n) is 4.97. The topological polar surface area (TPSA) is 12.0 Å². The first-order valence-electron chi connectivity index (χ1n) is 7.03. The summed E-state index contributed by atoms with van der Waals surface area (Å²) in [5.74, 6) is -1.02. The van der Waals surface area contributed by atoms with Crippen LogP contribution in [0.1, 0.15) is 30.5 Å². The van der Waals surface area contributed by atoms with Crippen molar-refractivity contribution in [2.24, 2.45) is 0 Å². The summed E-state index contributed by atoms with van der Waals surface area (Å²) < 4.78 is 28.0. The molecule has 0 saturated heterocycles. The number of hydrogen-bond acceptors (Lipinski definition) is 1. The number of benzene rings is 2. The summed E-state index contributed by atoms with van der Waals surface area (Å²) in [7, 11) is 0. The van der Waals surface area contributed by atoms with Crippen LogP contribution in [-0.2, 0) is 6.42 Å². The largest absolute Gasteiger partial charge is 0.310 e. The summed E-state index contributed by atoms with van der Waals surface area (Å²) in [4.78, 5) is 0. The van der Waals surface area contributed by atoms with E-state index >= 15 is 0 Å². The van der Waals surface area contributed by atoms with E-state index in [0.29, 0.717) is 12.0 Å². The normalized spacial score (nSPS) is 12.4. The minimum atomic E-state index is -0.538. The Bertz CT molecular complexity index is 601. The molecule has 0 fully saturated rings. The van der Waals surface area contributed by atoms with Gasteiger partial charge < -0.3 is 5.32 Å². The molecule has 2 rings (SSSR count). The van der Waals surface area contributed by atoms with Gasteiger partial charge in [-0.05, 0) is 65.2 Å². The van der Waals surface area contributed by atoms with Crippen molar-refractivity contribution in [3.8, 4) is 0 Å². The molecule has 2 aromatic rings. The second kappa shape index (κ2) is 7.84. The van der Waals surface area contributed by atoms with Gasteiger partial charge in [0.05, 0.1) is 0 Å². The number of rotatable bonds is 6. The van der Waals surface area contributed by atoms with Gasteiger partial charge >= 0.3 is 0 Å². The van der Waals surface area contributed by atoms with E-state index in [1.54, 1.807) is 0 Å². The van der Waals surface area contributed by atoms with Gasteiger partial charge in [-0.1, -0.05) is 31.2 Å². The van der Waals surface area contributed by atoms with Gasteiger partial charge in [-0.3, -0.25) is 0 Å². The molecule has 0 aromatic heterocycles. The van der Waals surface area contributed by atoms with Crippen LogP contribution in [0, 0.1) is 15.2 Å². The minimum absolute atomic E-state index is 0.0259. The monoisotopic (exact) mass is 401 g/mol. The van der Waals surface area contributed by atoms with E-state index < -0.39 is 11.6 Å². The quantitative estimate of drug-likeness (QED) is 0.683. The third-order valence-corrected chi connectivity index (χ3v) is 4.34. The fraction of sp³-hybridized carbons (Fsp3) is 0.294. The van der Waals surface area contributed by atoms with E-state index in [1.165, 1.54) is 12.1 Å². The lowest BCUT2D eigenvalue weighted by molar-refractivity contribution is 0.507. The Morgan fingerprint density at radius 1 is 1.14 bits per heavy atom. The summed E-state index contributed by atoms with van der Waals surface area (Å²) >= 11 is 2.29. The maximum Gasteiger partial charge on any atom is 0.129 e. The van der Waals surface area contributed by atoms with Crippen molar-refractivity contribution < 1.29 is 8.78 Å². The molecule has 1 unspecified atom stereocenters. The Hall–Kier alpha value is -1.01. The van der Waals surface area contributed by atoms with Gasteiger partial charge in [0.1, 0.15) is 11.6 Å². The van der Waals surface area contributed by atoms with Gasteiger partial charge in [0.2, 0.25) is 0 Å². The fourth-order valence-corrected chi connectivity index (χ4v) is 3.04. The van der Waals surface area contributed by atoms with Crippen molar-refractivity contribution in [1.82, 2.24) is 5.32 Å². The van der Waals surface area contributed by atoms with Crippen LogP contribution in [0.5, 0.6) is 0 Å². The van der Waals surface area contributed by atoms with Crippen LogP contribution in [0.4, 0.5) is 8.78 Å². The number of nitrogens with one attached hydrogen (secondary N) is 1. The average Bonchev–Trinajstić information content (AvgIpc) is 2.46. The lowest BCUT2D eigenvalue weighted by atomic mass is 9.98. The maximum atomic E-state index is 13.9. The van der Waals surface area contributed by atoms with Crippen molar-refractivity contribution in [3.63, 3.8) is 0 Å². The molecule has 0 spiro atoms. The standard InChI is InChI=1S/C17H18F2IN/c1-2-9-21-17(14-5-3-4-6-16(14)20)10-12-7-8-13(18)11-15(12)19/h3-8,11,17,21H,2,9-10H2,1H3. The molecule has 0 radical (unpaired) electrons. The van der Waals surface area contributed by atoms with Crippen LogP contribution in [0.3, 0.4) is 0 Å². The molecular weight excluding hydrogens is 383 g/mol. The zero-order chi connectivity index (χ0) is 15.2. The summed E-state index contributed by atoms with van der Waals surface area (Å²) in [6.45, 7) is 2.96. The minimum Gasteiger partial charge on any atom is -0.310 e. The van der Waals surface area contributed by atoms with E-state index in [1.807, 2.05) is 18.2 Å². The van der Waals surface area contributed by atoms with Crippen LogP contribution in [0.15, 0.2) is 42.5 Å². The van der Waals surface area contributed by atoms with Crippen LogP contribution in [-0.4, -0.2) is 6.54 Å². The molecule has 0 aliphatic rings. The summed E-state index contributed by atoms with van der Waals surface area (Å²) in [6, 6.07) is 11.9. The Balaban J connectivity index is 2.26. The maximum absolute atomic E-state index is 13.9. The molecule has 112 valence electrons. The molecular formula is C17H18F2IN. The third kappa shape index (κ3) is 4.48. The average molecular weight is 401 g/mol. The zero-order valence-electron chi connectivity index (χ0n) is 11.9. The number of halogens is 3. The first-order valence-corrected chi connectivity index (χ1v) is 8.11. The Morgan fingerprint density at radius 3 is 2.57 bits per heavy atom. The molecule has 21 heavy (non-hydrogen) atoms. The highest BCUT2D eigenvalue weighted by atomic mass is 127. The van der Waals surface area contributed by atoms with Crippen molar-refractivity contribution in [2.75, 3.05) is 6.54 Å². The van der Waals surface area contributed by atoms with Gasteiger partial charge in [0.15, 0.2) is 0 Å². The molecule has 0 aliphatic carbocycles. The Kier molecular flexibility index (Phi) is 6.11. The van der Waals surface area contributed by atoms with E-state index in [-0.39, 0.29) is 6.04 Å². The molecule has 0 bridgehead atoms. The van der Waals surface area contributed by atoms with E-state index in [4.69, 9.17) is 0 Å². The predicted molar refractivity (Wildman–Crippen MR) is 90.3 cm³/mol. The molecule has 0 saturated carbocycles. The summed E-state index contributed by atoms with van der Waals surface area (Å²) in [5.41, 5.74) is 1.68. The lowest BCUT2D eigenvalue weighted by Crippen LogP contribution is -2.25. The highest BCUT2D eigenvalue weighted by Crippen LogP contribution is 2.24. The molecule has 0 heterocycles. The van der Waals surface area contributed by atoms with Crippen molar-refractivity contribution in [2.45, 2.75) is 25.8 Å². The highest BCUT2D eigenvalue weighted by Gasteiger charge is 2.16. The second-order valence-corrected chi connectivity index (χ2v) is 6.13. The molecule has 1 atom stereocenters. The summed E-state index contributed by atoms with van der Waals surface area (Å²) in [6.07, 6.45) is 1.51. The lowest BCUT2D eigenvalue weighted by Gasteiger charge is -2.21. The Morgan fingerprint density at radius 2 is 1.90 bits per heavy atom.